The predicted molar refractivity (Wildman–Crippen MR) is 75.4 cm³/mol. The predicted octanol–water partition coefficient (Wildman–Crippen LogP) is 3.12. The largest absolute Gasteiger partial charge is 0.329 e. The molecule has 1 N–H and O–H groups in total. The van der Waals surface area contributed by atoms with E-state index in [0.717, 1.165) is 5.56 Å². The maximum absolute atomic E-state index is 12.2. The van der Waals surface area contributed by atoms with Crippen LogP contribution in [0, 0.1) is 12.8 Å². The van der Waals surface area contributed by atoms with E-state index in [-0.39, 0.29) is 11.9 Å². The summed E-state index contributed by atoms with van der Waals surface area (Å²) in [4.78, 5) is 25.3. The van der Waals surface area contributed by atoms with E-state index < -0.39 is 6.04 Å². The molecule has 0 aliphatic carbocycles. The van der Waals surface area contributed by atoms with E-state index in [1.165, 1.54) is 4.90 Å². The van der Waals surface area contributed by atoms with Crippen molar-refractivity contribution in [2.45, 2.75) is 33.2 Å². The number of carbonyl (C=O) groups is 2. The third-order valence-corrected chi connectivity index (χ3v) is 3.55. The molecule has 1 atom stereocenters. The van der Waals surface area contributed by atoms with Crippen molar-refractivity contribution in [2.75, 3.05) is 4.90 Å². The van der Waals surface area contributed by atoms with Crippen LogP contribution in [0.25, 0.3) is 0 Å². The lowest BCUT2D eigenvalue weighted by atomic mass is 10.0. The molecular weight excluding hydrogens is 264 g/mol. The van der Waals surface area contributed by atoms with Crippen molar-refractivity contribution in [2.24, 2.45) is 5.92 Å². The Morgan fingerprint density at radius 1 is 1.37 bits per heavy atom. The zero-order valence-electron chi connectivity index (χ0n) is 11.2. The first-order chi connectivity index (χ1) is 8.90. The van der Waals surface area contributed by atoms with E-state index in [4.69, 9.17) is 11.6 Å². The Hall–Kier alpha value is -1.55. The molecule has 0 spiro atoms. The molecule has 4 nitrogen and oxygen atoms in total. The van der Waals surface area contributed by atoms with E-state index in [1.807, 2.05) is 20.8 Å². The van der Waals surface area contributed by atoms with Gasteiger partial charge in [-0.3, -0.25) is 4.79 Å². The highest BCUT2D eigenvalue weighted by Crippen LogP contribution is 2.26. The molecule has 1 unspecified atom stereocenters. The number of carbonyl (C=O) groups excluding carboxylic acids is 2. The van der Waals surface area contributed by atoms with Gasteiger partial charge in [-0.2, -0.15) is 0 Å². The molecule has 19 heavy (non-hydrogen) atoms. The second-order valence-electron chi connectivity index (χ2n) is 5.24. The molecule has 0 saturated carbocycles. The number of nitrogens with zero attached hydrogens (tertiary/aromatic N) is 1. The molecular formula is C14H17ClN2O2. The SMILES string of the molecule is Cc1ccc(N2C(=O)NC(CC(C)C)C2=O)cc1Cl. The Labute approximate surface area is 117 Å². The summed E-state index contributed by atoms with van der Waals surface area (Å²) in [5.74, 6) is 0.134. The van der Waals surface area contributed by atoms with Gasteiger partial charge in [0.25, 0.3) is 5.91 Å². The van der Waals surface area contributed by atoms with E-state index in [9.17, 15) is 9.59 Å². The first kappa shape index (κ1) is 13.9. The molecule has 0 radical (unpaired) electrons. The normalized spacial score (nSPS) is 19.2. The van der Waals surface area contributed by atoms with E-state index in [2.05, 4.69) is 5.32 Å². The first-order valence-corrected chi connectivity index (χ1v) is 6.68. The minimum absolute atomic E-state index is 0.210. The number of benzene rings is 1. The highest BCUT2D eigenvalue weighted by Gasteiger charge is 2.39. The van der Waals surface area contributed by atoms with Gasteiger partial charge in [0, 0.05) is 5.02 Å². The molecule has 1 heterocycles. The number of aryl methyl sites for hydroxylation is 1. The molecule has 1 aliphatic heterocycles. The number of nitrogens with one attached hydrogen (secondary N) is 1. The molecule has 1 aromatic rings. The Morgan fingerprint density at radius 2 is 2.05 bits per heavy atom. The van der Waals surface area contributed by atoms with Gasteiger partial charge < -0.3 is 5.32 Å². The molecule has 1 aliphatic rings. The van der Waals surface area contributed by atoms with Crippen LogP contribution in [0.2, 0.25) is 5.02 Å². The second-order valence-corrected chi connectivity index (χ2v) is 5.65. The van der Waals surface area contributed by atoms with Crippen LogP contribution in [-0.4, -0.2) is 18.0 Å². The van der Waals surface area contributed by atoms with Crippen molar-refractivity contribution in [1.82, 2.24) is 5.32 Å². The quantitative estimate of drug-likeness (QED) is 0.865. The van der Waals surface area contributed by atoms with Crippen molar-refractivity contribution in [3.05, 3.63) is 28.8 Å². The fraction of sp³-hybridized carbons (Fsp3) is 0.429. The number of rotatable bonds is 3. The molecule has 102 valence electrons. The fourth-order valence-electron chi connectivity index (χ4n) is 2.13. The average Bonchev–Trinajstić information content (AvgIpc) is 2.58. The molecule has 5 heteroatoms. The number of urea groups is 1. The van der Waals surface area contributed by atoms with Crippen LogP contribution < -0.4 is 10.2 Å². The minimum Gasteiger partial charge on any atom is -0.325 e. The molecule has 2 rings (SSSR count). The van der Waals surface area contributed by atoms with Gasteiger partial charge in [-0.05, 0) is 37.0 Å². The lowest BCUT2D eigenvalue weighted by Crippen LogP contribution is -2.31. The summed E-state index contributed by atoms with van der Waals surface area (Å²) in [6.45, 7) is 5.91. The Balaban J connectivity index is 2.27. The highest BCUT2D eigenvalue weighted by atomic mass is 35.5. The van der Waals surface area contributed by atoms with Crippen LogP contribution >= 0.6 is 11.6 Å². The Kier molecular flexibility index (Phi) is 3.80. The van der Waals surface area contributed by atoms with E-state index in [0.29, 0.717) is 23.0 Å². The summed E-state index contributed by atoms with van der Waals surface area (Å²) < 4.78 is 0. The summed E-state index contributed by atoms with van der Waals surface area (Å²) in [7, 11) is 0. The van der Waals surface area contributed by atoms with Gasteiger partial charge in [0.1, 0.15) is 6.04 Å². The van der Waals surface area contributed by atoms with Gasteiger partial charge in [0.15, 0.2) is 0 Å². The summed E-state index contributed by atoms with van der Waals surface area (Å²) in [5, 5.41) is 3.26. The molecule has 1 fully saturated rings. The third kappa shape index (κ3) is 2.73. The van der Waals surface area contributed by atoms with E-state index in [1.54, 1.807) is 18.2 Å². The zero-order valence-corrected chi connectivity index (χ0v) is 12.0. The first-order valence-electron chi connectivity index (χ1n) is 6.30. The van der Waals surface area contributed by atoms with Crippen LogP contribution in [0.4, 0.5) is 10.5 Å². The number of anilines is 1. The summed E-state index contributed by atoms with van der Waals surface area (Å²) in [6.07, 6.45) is 0.640. The number of imide groups is 1. The summed E-state index contributed by atoms with van der Waals surface area (Å²) in [6, 6.07) is 4.36. The van der Waals surface area contributed by atoms with Crippen LogP contribution in [-0.2, 0) is 4.79 Å². The van der Waals surface area contributed by atoms with Crippen LogP contribution in [0.1, 0.15) is 25.8 Å². The van der Waals surface area contributed by atoms with Gasteiger partial charge in [-0.25, -0.2) is 9.69 Å². The van der Waals surface area contributed by atoms with Crippen LogP contribution in [0.3, 0.4) is 0 Å². The number of halogens is 1. The topological polar surface area (TPSA) is 49.4 Å². The standard InChI is InChI=1S/C14H17ClN2O2/c1-8(2)6-12-13(18)17(14(19)16-12)10-5-4-9(3)11(15)7-10/h4-5,7-8,12H,6H2,1-3H3,(H,16,19). The minimum atomic E-state index is -0.437. The average molecular weight is 281 g/mol. The summed E-state index contributed by atoms with van der Waals surface area (Å²) in [5.41, 5.74) is 1.43. The van der Waals surface area contributed by atoms with E-state index >= 15 is 0 Å². The smallest absolute Gasteiger partial charge is 0.325 e. The monoisotopic (exact) mass is 280 g/mol. The maximum atomic E-state index is 12.2. The summed E-state index contributed by atoms with van der Waals surface area (Å²) >= 11 is 6.04. The van der Waals surface area contributed by atoms with Gasteiger partial charge in [-0.15, -0.1) is 0 Å². The highest BCUT2D eigenvalue weighted by molar-refractivity contribution is 6.32. The second kappa shape index (κ2) is 5.21. The van der Waals surface area contributed by atoms with Crippen molar-refractivity contribution in [3.8, 4) is 0 Å². The zero-order chi connectivity index (χ0) is 14.2. The number of hydrogen-bond donors (Lipinski definition) is 1. The molecule has 1 aromatic carbocycles. The lowest BCUT2D eigenvalue weighted by Gasteiger charge is -2.14. The van der Waals surface area contributed by atoms with Crippen LogP contribution in [0.5, 0.6) is 0 Å². The third-order valence-electron chi connectivity index (χ3n) is 3.14. The fourth-order valence-corrected chi connectivity index (χ4v) is 2.30. The van der Waals surface area contributed by atoms with Crippen molar-refractivity contribution < 1.29 is 9.59 Å². The Bertz CT molecular complexity index is 528. The molecule has 0 aromatic heterocycles. The van der Waals surface area contributed by atoms with Crippen molar-refractivity contribution in [1.29, 1.82) is 0 Å². The number of hydrogen-bond acceptors (Lipinski definition) is 2. The number of amides is 3. The van der Waals surface area contributed by atoms with Gasteiger partial charge >= 0.3 is 6.03 Å². The molecule has 1 saturated heterocycles. The maximum Gasteiger partial charge on any atom is 0.329 e. The van der Waals surface area contributed by atoms with Gasteiger partial charge in [0.05, 0.1) is 5.69 Å². The van der Waals surface area contributed by atoms with Crippen molar-refractivity contribution >= 4 is 29.2 Å². The Morgan fingerprint density at radius 3 is 2.63 bits per heavy atom. The molecule has 3 amide bonds. The van der Waals surface area contributed by atoms with Gasteiger partial charge in [-0.1, -0.05) is 31.5 Å². The van der Waals surface area contributed by atoms with Crippen molar-refractivity contribution in [3.63, 3.8) is 0 Å². The molecule has 0 bridgehead atoms. The van der Waals surface area contributed by atoms with Gasteiger partial charge in [0.2, 0.25) is 0 Å². The lowest BCUT2D eigenvalue weighted by molar-refractivity contribution is -0.118. The van der Waals surface area contributed by atoms with Crippen LogP contribution in [0.15, 0.2) is 18.2 Å².